The summed E-state index contributed by atoms with van der Waals surface area (Å²) >= 11 is 0. The van der Waals surface area contributed by atoms with Gasteiger partial charge >= 0.3 is 0 Å². The molecule has 1 aromatic heterocycles. The topological polar surface area (TPSA) is 76.2 Å². The molecule has 1 fully saturated rings. The molecule has 26 heavy (non-hydrogen) atoms. The van der Waals surface area contributed by atoms with Crippen LogP contribution in [-0.4, -0.2) is 41.5 Å². The molecule has 140 valence electrons. The monoisotopic (exact) mass is 357 g/mol. The molecule has 1 saturated heterocycles. The maximum absolute atomic E-state index is 12.5. The molecular formula is C20H27N3O3. The third kappa shape index (κ3) is 5.16. The van der Waals surface area contributed by atoms with Gasteiger partial charge in [0.1, 0.15) is 5.69 Å². The van der Waals surface area contributed by atoms with Gasteiger partial charge in [0.15, 0.2) is 0 Å². The first kappa shape index (κ1) is 18.6. The van der Waals surface area contributed by atoms with Crippen LogP contribution in [-0.2, 0) is 22.5 Å². The molecule has 0 unspecified atom stereocenters. The lowest BCUT2D eigenvalue weighted by Gasteiger charge is -2.32. The smallest absolute Gasteiger partial charge is 0.272 e. The van der Waals surface area contributed by atoms with Crippen molar-refractivity contribution in [3.8, 4) is 0 Å². The minimum Gasteiger partial charge on any atom is -0.379 e. The van der Waals surface area contributed by atoms with Crippen LogP contribution in [0.15, 0.2) is 36.4 Å². The van der Waals surface area contributed by atoms with E-state index in [1.54, 1.807) is 0 Å². The van der Waals surface area contributed by atoms with Crippen molar-refractivity contribution < 1.29 is 14.3 Å². The third-order valence-corrected chi connectivity index (χ3v) is 4.41. The fourth-order valence-corrected chi connectivity index (χ4v) is 3.09. The first-order valence-electron chi connectivity index (χ1n) is 9.20. The summed E-state index contributed by atoms with van der Waals surface area (Å²) in [5.74, 6) is 0.314. The van der Waals surface area contributed by atoms with E-state index >= 15 is 0 Å². The van der Waals surface area contributed by atoms with Crippen LogP contribution in [0.25, 0.3) is 0 Å². The number of carbonyl (C=O) groups excluding carboxylic acids is 1. The second-order valence-corrected chi connectivity index (χ2v) is 7.15. The molecule has 2 atom stereocenters. The maximum atomic E-state index is 12.5. The van der Waals surface area contributed by atoms with Crippen molar-refractivity contribution >= 4 is 5.91 Å². The number of benzene rings is 1. The Morgan fingerprint density at radius 3 is 2.96 bits per heavy atom. The zero-order valence-electron chi connectivity index (χ0n) is 15.4. The number of nitrogens with zero attached hydrogens (tertiary/aromatic N) is 1. The largest absolute Gasteiger partial charge is 0.379 e. The van der Waals surface area contributed by atoms with Crippen LogP contribution in [0.2, 0.25) is 0 Å². The van der Waals surface area contributed by atoms with E-state index in [-0.39, 0.29) is 18.1 Å². The lowest BCUT2D eigenvalue weighted by Crippen LogP contribution is -2.50. The molecule has 0 bridgehead atoms. The van der Waals surface area contributed by atoms with Gasteiger partial charge in [-0.15, -0.1) is 0 Å². The summed E-state index contributed by atoms with van der Waals surface area (Å²) in [6, 6.07) is 11.7. The predicted octanol–water partition coefficient (Wildman–Crippen LogP) is 2.71. The maximum Gasteiger partial charge on any atom is 0.272 e. The van der Waals surface area contributed by atoms with Crippen molar-refractivity contribution in [2.45, 2.75) is 45.4 Å². The highest BCUT2D eigenvalue weighted by molar-refractivity contribution is 5.92. The highest BCUT2D eigenvalue weighted by atomic mass is 16.5. The second kappa shape index (κ2) is 8.96. The van der Waals surface area contributed by atoms with Crippen LogP contribution in [0, 0.1) is 5.92 Å². The predicted molar refractivity (Wildman–Crippen MR) is 98.8 cm³/mol. The number of nitrogens with one attached hydrogen (secondary N) is 2. The second-order valence-electron chi connectivity index (χ2n) is 7.15. The Kier molecular flexibility index (Phi) is 6.41. The Morgan fingerprint density at radius 1 is 1.38 bits per heavy atom. The number of hydrogen-bond acceptors (Lipinski definition) is 4. The molecule has 2 N–H and O–H groups in total. The summed E-state index contributed by atoms with van der Waals surface area (Å²) < 4.78 is 11.6. The SMILES string of the molecule is CC(C)Cc1cc(C(=O)N[C@@H]2COCC[C@@H]2OCc2ccccc2)n[nH]1. The van der Waals surface area contributed by atoms with E-state index < -0.39 is 0 Å². The van der Waals surface area contributed by atoms with E-state index in [9.17, 15) is 4.79 Å². The molecule has 1 aromatic carbocycles. The van der Waals surface area contributed by atoms with E-state index in [1.807, 2.05) is 36.4 Å². The highest BCUT2D eigenvalue weighted by Crippen LogP contribution is 2.15. The highest BCUT2D eigenvalue weighted by Gasteiger charge is 2.29. The molecule has 6 heteroatoms. The Labute approximate surface area is 154 Å². The van der Waals surface area contributed by atoms with Crippen molar-refractivity contribution in [3.05, 3.63) is 53.3 Å². The molecule has 0 radical (unpaired) electrons. The Bertz CT molecular complexity index is 699. The third-order valence-electron chi connectivity index (χ3n) is 4.41. The Balaban J connectivity index is 1.57. The average Bonchev–Trinajstić information content (AvgIpc) is 3.10. The minimum atomic E-state index is -0.194. The van der Waals surface area contributed by atoms with Gasteiger partial charge in [-0.05, 0) is 30.4 Å². The van der Waals surface area contributed by atoms with Gasteiger partial charge in [0, 0.05) is 12.3 Å². The Hall–Kier alpha value is -2.18. The van der Waals surface area contributed by atoms with Crippen LogP contribution in [0.3, 0.4) is 0 Å². The molecule has 0 spiro atoms. The summed E-state index contributed by atoms with van der Waals surface area (Å²) in [6.45, 7) is 5.89. The fourth-order valence-electron chi connectivity index (χ4n) is 3.09. The number of aromatic amines is 1. The first-order chi connectivity index (χ1) is 12.6. The normalized spacial score (nSPS) is 20.3. The summed E-state index contributed by atoms with van der Waals surface area (Å²) in [5.41, 5.74) is 2.50. The zero-order valence-corrected chi connectivity index (χ0v) is 15.4. The van der Waals surface area contributed by atoms with Gasteiger partial charge < -0.3 is 14.8 Å². The lowest BCUT2D eigenvalue weighted by atomic mass is 10.1. The van der Waals surface area contributed by atoms with Crippen LogP contribution >= 0.6 is 0 Å². The summed E-state index contributed by atoms with van der Waals surface area (Å²) in [6.07, 6.45) is 1.56. The average molecular weight is 357 g/mol. The van der Waals surface area contributed by atoms with Gasteiger partial charge in [0.05, 0.1) is 25.4 Å². The van der Waals surface area contributed by atoms with Gasteiger partial charge in [-0.1, -0.05) is 44.2 Å². The van der Waals surface area contributed by atoms with Gasteiger partial charge in [-0.25, -0.2) is 0 Å². The molecule has 2 heterocycles. The fraction of sp³-hybridized carbons (Fsp3) is 0.500. The van der Waals surface area contributed by atoms with Gasteiger partial charge in [-0.2, -0.15) is 5.10 Å². The van der Waals surface area contributed by atoms with Crippen LogP contribution in [0.1, 0.15) is 42.0 Å². The number of hydrogen-bond donors (Lipinski definition) is 2. The van der Waals surface area contributed by atoms with Crippen molar-refractivity contribution in [3.63, 3.8) is 0 Å². The lowest BCUT2D eigenvalue weighted by molar-refractivity contribution is -0.0605. The minimum absolute atomic E-state index is 0.0676. The quantitative estimate of drug-likeness (QED) is 0.799. The molecule has 0 saturated carbocycles. The molecular weight excluding hydrogens is 330 g/mol. The summed E-state index contributed by atoms with van der Waals surface area (Å²) in [5, 5.41) is 10.1. The van der Waals surface area contributed by atoms with E-state index in [4.69, 9.17) is 9.47 Å². The van der Waals surface area contributed by atoms with Crippen LogP contribution < -0.4 is 5.32 Å². The number of rotatable bonds is 7. The summed E-state index contributed by atoms with van der Waals surface area (Å²) in [7, 11) is 0. The van der Waals surface area contributed by atoms with E-state index in [0.717, 1.165) is 24.1 Å². The molecule has 0 aliphatic carbocycles. The molecule has 1 aliphatic rings. The number of amides is 1. The van der Waals surface area contributed by atoms with E-state index in [2.05, 4.69) is 29.4 Å². The van der Waals surface area contributed by atoms with E-state index in [0.29, 0.717) is 31.4 Å². The number of aromatic nitrogens is 2. The molecule has 2 aromatic rings. The zero-order chi connectivity index (χ0) is 18.4. The first-order valence-corrected chi connectivity index (χ1v) is 9.20. The standard InChI is InChI=1S/C20H27N3O3/c1-14(2)10-16-11-17(23-22-16)20(24)21-18-13-25-9-8-19(18)26-12-15-6-4-3-5-7-15/h3-7,11,14,18-19H,8-10,12-13H2,1-2H3,(H,21,24)(H,22,23)/t18-,19+/m1/s1. The van der Waals surface area contributed by atoms with Crippen molar-refractivity contribution in [2.24, 2.45) is 5.92 Å². The van der Waals surface area contributed by atoms with Gasteiger partial charge in [0.25, 0.3) is 5.91 Å². The number of carbonyl (C=O) groups is 1. The number of ether oxygens (including phenoxy) is 2. The van der Waals surface area contributed by atoms with Gasteiger partial charge in [-0.3, -0.25) is 9.89 Å². The molecule has 1 amide bonds. The van der Waals surface area contributed by atoms with Crippen LogP contribution in [0.4, 0.5) is 0 Å². The number of H-pyrrole nitrogens is 1. The molecule has 6 nitrogen and oxygen atoms in total. The van der Waals surface area contributed by atoms with Crippen LogP contribution in [0.5, 0.6) is 0 Å². The summed E-state index contributed by atoms with van der Waals surface area (Å²) in [4.78, 5) is 12.5. The molecule has 3 rings (SSSR count). The Morgan fingerprint density at radius 2 is 2.19 bits per heavy atom. The van der Waals surface area contributed by atoms with Crippen molar-refractivity contribution in [1.29, 1.82) is 0 Å². The van der Waals surface area contributed by atoms with Gasteiger partial charge in [0.2, 0.25) is 0 Å². The van der Waals surface area contributed by atoms with E-state index in [1.165, 1.54) is 0 Å². The van der Waals surface area contributed by atoms with Crippen molar-refractivity contribution in [2.75, 3.05) is 13.2 Å². The van der Waals surface area contributed by atoms with Crippen molar-refractivity contribution in [1.82, 2.24) is 15.5 Å². The molecule has 1 aliphatic heterocycles.